The largest absolute Gasteiger partial charge is 0.282 e. The van der Waals surface area contributed by atoms with E-state index in [9.17, 15) is 0 Å². The Morgan fingerprint density at radius 1 is 1.10 bits per heavy atom. The van der Waals surface area contributed by atoms with Gasteiger partial charge in [0.1, 0.15) is 0 Å². The highest BCUT2D eigenvalue weighted by Crippen LogP contribution is 2.41. The number of halogens is 1. The van der Waals surface area contributed by atoms with Crippen molar-refractivity contribution in [3.05, 3.63) is 53.7 Å². The van der Waals surface area contributed by atoms with Crippen molar-refractivity contribution in [3.63, 3.8) is 0 Å². The third-order valence-electron chi connectivity index (χ3n) is 4.13. The number of aryl methyl sites for hydroxylation is 1. The minimum Gasteiger partial charge on any atom is -0.282 e. The van der Waals surface area contributed by atoms with Crippen molar-refractivity contribution in [1.82, 2.24) is 10.2 Å². The van der Waals surface area contributed by atoms with Crippen molar-refractivity contribution in [2.75, 3.05) is 0 Å². The predicted molar refractivity (Wildman–Crippen MR) is 83.1 cm³/mol. The van der Waals surface area contributed by atoms with Crippen molar-refractivity contribution in [2.24, 2.45) is 0 Å². The molecule has 0 spiro atoms. The summed E-state index contributed by atoms with van der Waals surface area (Å²) in [5, 5.41) is 10.3. The number of nitrogens with zero attached hydrogens (tertiary/aromatic N) is 1. The molecule has 1 aliphatic rings. The fourth-order valence-corrected chi connectivity index (χ4v) is 3.54. The maximum absolute atomic E-state index is 6.53. The lowest BCUT2D eigenvalue weighted by atomic mass is 9.91. The molecule has 4 rings (SSSR count). The maximum Gasteiger partial charge on any atom is 0.0976 e. The molecule has 0 bridgehead atoms. The highest BCUT2D eigenvalue weighted by atomic mass is 35.5. The summed E-state index contributed by atoms with van der Waals surface area (Å²) in [6.45, 7) is 0. The smallest absolute Gasteiger partial charge is 0.0976 e. The van der Waals surface area contributed by atoms with Crippen LogP contribution in [0.15, 0.2) is 42.5 Å². The number of fused-ring (bicyclic) bond motifs is 2. The van der Waals surface area contributed by atoms with Gasteiger partial charge in [0.15, 0.2) is 0 Å². The molecule has 3 heteroatoms. The number of rotatable bonds is 1. The summed E-state index contributed by atoms with van der Waals surface area (Å²) >= 11 is 6.53. The molecule has 0 radical (unpaired) electrons. The van der Waals surface area contributed by atoms with Crippen LogP contribution in [-0.4, -0.2) is 10.2 Å². The summed E-state index contributed by atoms with van der Waals surface area (Å²) in [6.07, 6.45) is 3.22. The molecule has 0 aliphatic heterocycles. The van der Waals surface area contributed by atoms with Crippen LogP contribution in [0.5, 0.6) is 0 Å². The first-order valence-corrected chi connectivity index (χ1v) is 7.47. The Morgan fingerprint density at radius 2 is 1.95 bits per heavy atom. The lowest BCUT2D eigenvalue weighted by Crippen LogP contribution is -2.04. The van der Waals surface area contributed by atoms with Gasteiger partial charge < -0.3 is 0 Å². The minimum absolute atomic E-state index is 0.0754. The number of benzene rings is 2. The van der Waals surface area contributed by atoms with Gasteiger partial charge in [0, 0.05) is 16.8 Å². The summed E-state index contributed by atoms with van der Waals surface area (Å²) < 4.78 is 0. The molecular weight excluding hydrogens is 268 g/mol. The zero-order valence-corrected chi connectivity index (χ0v) is 11.8. The molecule has 1 aliphatic carbocycles. The average Bonchev–Trinajstić information content (AvgIpc) is 2.92. The monoisotopic (exact) mass is 282 g/mol. The van der Waals surface area contributed by atoms with Crippen LogP contribution in [0.4, 0.5) is 0 Å². The van der Waals surface area contributed by atoms with Crippen LogP contribution in [-0.2, 0) is 6.42 Å². The van der Waals surface area contributed by atoms with Gasteiger partial charge in [0.05, 0.1) is 11.1 Å². The van der Waals surface area contributed by atoms with E-state index in [0.29, 0.717) is 0 Å². The third kappa shape index (κ3) is 1.75. The van der Waals surface area contributed by atoms with Crippen LogP contribution in [0, 0.1) is 0 Å². The Kier molecular flexibility index (Phi) is 2.78. The number of alkyl halides is 1. The SMILES string of the molecule is ClC1CCCc2[nH]nc(-c3cccc4ccccc34)c21. The van der Waals surface area contributed by atoms with Crippen molar-refractivity contribution in [3.8, 4) is 11.3 Å². The number of H-pyrrole nitrogens is 1. The fraction of sp³-hybridized carbons (Fsp3) is 0.235. The zero-order valence-electron chi connectivity index (χ0n) is 11.1. The summed E-state index contributed by atoms with van der Waals surface area (Å²) in [4.78, 5) is 0. The van der Waals surface area contributed by atoms with Crippen LogP contribution in [0.2, 0.25) is 0 Å². The summed E-state index contributed by atoms with van der Waals surface area (Å²) in [5.41, 5.74) is 4.61. The van der Waals surface area contributed by atoms with Crippen molar-refractivity contribution in [2.45, 2.75) is 24.6 Å². The molecule has 0 saturated carbocycles. The highest BCUT2D eigenvalue weighted by molar-refractivity contribution is 6.21. The molecule has 2 nitrogen and oxygen atoms in total. The maximum atomic E-state index is 6.53. The molecule has 1 atom stereocenters. The van der Waals surface area contributed by atoms with Crippen LogP contribution >= 0.6 is 11.6 Å². The van der Waals surface area contributed by atoms with E-state index < -0.39 is 0 Å². The van der Waals surface area contributed by atoms with Crippen LogP contribution in [0.3, 0.4) is 0 Å². The van der Waals surface area contributed by atoms with Gasteiger partial charge in [0.2, 0.25) is 0 Å². The van der Waals surface area contributed by atoms with Gasteiger partial charge >= 0.3 is 0 Å². The van der Waals surface area contributed by atoms with Gasteiger partial charge in [-0.05, 0) is 30.0 Å². The fourth-order valence-electron chi connectivity index (χ4n) is 3.15. The molecule has 1 unspecified atom stereocenters. The zero-order chi connectivity index (χ0) is 13.5. The molecule has 0 amide bonds. The van der Waals surface area contributed by atoms with Gasteiger partial charge in [-0.15, -0.1) is 11.6 Å². The molecule has 1 N–H and O–H groups in total. The van der Waals surface area contributed by atoms with Gasteiger partial charge in [0.25, 0.3) is 0 Å². The molecule has 1 aromatic heterocycles. The van der Waals surface area contributed by atoms with E-state index in [4.69, 9.17) is 11.6 Å². The summed E-state index contributed by atoms with van der Waals surface area (Å²) in [5.74, 6) is 0. The van der Waals surface area contributed by atoms with Gasteiger partial charge in [-0.3, -0.25) is 5.10 Å². The Labute approximate surface area is 122 Å². The first kappa shape index (κ1) is 12.0. The number of aromatic amines is 1. The molecular formula is C17H15ClN2. The van der Waals surface area contributed by atoms with Crippen molar-refractivity contribution >= 4 is 22.4 Å². The second-order valence-corrected chi connectivity index (χ2v) is 5.88. The van der Waals surface area contributed by atoms with E-state index in [0.717, 1.165) is 25.0 Å². The molecule has 2 aromatic carbocycles. The Balaban J connectivity index is 1.99. The van der Waals surface area contributed by atoms with E-state index in [1.54, 1.807) is 0 Å². The lowest BCUT2D eigenvalue weighted by Gasteiger charge is -2.17. The standard InChI is InChI=1S/C17H15ClN2/c18-14-9-4-10-15-16(14)17(20-19-15)13-8-3-6-11-5-1-2-7-12(11)13/h1-3,5-8,14H,4,9-10H2,(H,19,20). The number of hydrogen-bond acceptors (Lipinski definition) is 1. The molecule has 100 valence electrons. The molecule has 0 saturated heterocycles. The second kappa shape index (κ2) is 4.64. The van der Waals surface area contributed by atoms with Crippen LogP contribution in [0.25, 0.3) is 22.0 Å². The normalized spacial score (nSPS) is 18.1. The Hall–Kier alpha value is -1.80. The number of hydrogen-bond donors (Lipinski definition) is 1. The average molecular weight is 283 g/mol. The van der Waals surface area contributed by atoms with E-state index in [-0.39, 0.29) is 5.38 Å². The first-order valence-electron chi connectivity index (χ1n) is 7.04. The summed E-state index contributed by atoms with van der Waals surface area (Å²) in [6, 6.07) is 14.8. The molecule has 20 heavy (non-hydrogen) atoms. The Bertz CT molecular complexity index is 770. The molecule has 0 fully saturated rings. The minimum atomic E-state index is 0.0754. The van der Waals surface area contributed by atoms with Crippen molar-refractivity contribution in [1.29, 1.82) is 0 Å². The quantitative estimate of drug-likeness (QED) is 0.635. The molecule has 3 aromatic rings. The summed E-state index contributed by atoms with van der Waals surface area (Å²) in [7, 11) is 0. The van der Waals surface area contributed by atoms with Crippen molar-refractivity contribution < 1.29 is 0 Å². The Morgan fingerprint density at radius 3 is 2.90 bits per heavy atom. The van der Waals surface area contributed by atoms with E-state index in [1.165, 1.54) is 27.6 Å². The third-order valence-corrected chi connectivity index (χ3v) is 4.56. The molecule has 1 heterocycles. The highest BCUT2D eigenvalue weighted by Gasteiger charge is 2.25. The topological polar surface area (TPSA) is 28.7 Å². The van der Waals surface area contributed by atoms with Gasteiger partial charge in [-0.2, -0.15) is 5.10 Å². The number of nitrogens with one attached hydrogen (secondary N) is 1. The van der Waals surface area contributed by atoms with E-state index in [1.807, 2.05) is 0 Å². The van der Waals surface area contributed by atoms with E-state index in [2.05, 4.69) is 52.7 Å². The number of aromatic nitrogens is 2. The van der Waals surface area contributed by atoms with Crippen LogP contribution in [0.1, 0.15) is 29.5 Å². The lowest BCUT2D eigenvalue weighted by molar-refractivity contribution is 0.658. The predicted octanol–water partition coefficient (Wildman–Crippen LogP) is 4.85. The first-order chi connectivity index (χ1) is 9.84. The van der Waals surface area contributed by atoms with Gasteiger partial charge in [-0.25, -0.2) is 0 Å². The van der Waals surface area contributed by atoms with E-state index >= 15 is 0 Å². The van der Waals surface area contributed by atoms with Gasteiger partial charge in [-0.1, -0.05) is 42.5 Å². The van der Waals surface area contributed by atoms with Crippen LogP contribution < -0.4 is 0 Å². The second-order valence-electron chi connectivity index (χ2n) is 5.35.